The van der Waals surface area contributed by atoms with Gasteiger partial charge in [0, 0.05) is 0 Å². The molecule has 0 aromatic carbocycles. The average molecular weight is 262 g/mol. The van der Waals surface area contributed by atoms with Crippen LogP contribution in [0.25, 0.3) is 0 Å². The Morgan fingerprint density at radius 2 is 2.50 bits per heavy atom. The van der Waals surface area contributed by atoms with Crippen molar-refractivity contribution in [1.29, 1.82) is 0 Å². The number of hydrogen-bond acceptors (Lipinski definition) is 3. The first kappa shape index (κ1) is 8.97. The van der Waals surface area contributed by atoms with Crippen LogP contribution in [0, 0.1) is 0 Å². The molecule has 0 N–H and O–H groups in total. The standard InChI is InChI=1S/C4H7IOS2/c1-2-6-4(7)8-3-5/h2-3H2,1H3. The molecule has 0 atom stereocenters. The largest absolute Gasteiger partial charge is 0.479 e. The van der Waals surface area contributed by atoms with Crippen molar-refractivity contribution in [2.24, 2.45) is 0 Å². The van der Waals surface area contributed by atoms with Gasteiger partial charge in [-0.3, -0.25) is 0 Å². The molecule has 0 saturated heterocycles. The van der Waals surface area contributed by atoms with E-state index in [1.807, 2.05) is 6.92 Å². The Labute approximate surface area is 72.7 Å². The molecule has 0 aliphatic rings. The minimum absolute atomic E-state index is 0.655. The van der Waals surface area contributed by atoms with Gasteiger partial charge in [-0.1, -0.05) is 34.4 Å². The molecule has 0 fully saturated rings. The Hall–Kier alpha value is 0.970. The molecular weight excluding hydrogens is 255 g/mol. The zero-order chi connectivity index (χ0) is 6.41. The van der Waals surface area contributed by atoms with E-state index >= 15 is 0 Å². The van der Waals surface area contributed by atoms with Crippen LogP contribution < -0.4 is 0 Å². The molecule has 0 bridgehead atoms. The lowest BCUT2D eigenvalue weighted by atomic mass is 10.9. The summed E-state index contributed by atoms with van der Waals surface area (Å²) in [5, 5.41) is 0. The van der Waals surface area contributed by atoms with E-state index in [1.165, 1.54) is 0 Å². The highest BCUT2D eigenvalue weighted by Gasteiger charge is 1.91. The maximum atomic E-state index is 4.97. The summed E-state index contributed by atoms with van der Waals surface area (Å²) in [7, 11) is 0. The molecule has 0 aromatic heterocycles. The number of alkyl halides is 1. The second kappa shape index (κ2) is 6.10. The van der Waals surface area contributed by atoms with Gasteiger partial charge in [-0.2, -0.15) is 0 Å². The maximum Gasteiger partial charge on any atom is 0.220 e. The van der Waals surface area contributed by atoms with E-state index in [0.717, 1.165) is 3.76 Å². The average Bonchev–Trinajstić information content (AvgIpc) is 1.68. The predicted octanol–water partition coefficient (Wildman–Crippen LogP) is 2.43. The van der Waals surface area contributed by atoms with E-state index in [-0.39, 0.29) is 0 Å². The Bertz CT molecular complexity index is 68.4. The minimum atomic E-state index is 0.655. The van der Waals surface area contributed by atoms with E-state index in [2.05, 4.69) is 22.6 Å². The molecule has 0 radical (unpaired) electrons. The van der Waals surface area contributed by atoms with Gasteiger partial charge < -0.3 is 4.74 Å². The lowest BCUT2D eigenvalue weighted by Gasteiger charge is -1.98. The van der Waals surface area contributed by atoms with Crippen LogP contribution in [0.5, 0.6) is 0 Å². The molecule has 0 spiro atoms. The number of thiocarbonyl (C=S) groups is 1. The number of hydrogen-bond donors (Lipinski definition) is 0. The van der Waals surface area contributed by atoms with Crippen LogP contribution >= 0.6 is 46.6 Å². The van der Waals surface area contributed by atoms with Gasteiger partial charge in [-0.25, -0.2) is 0 Å². The van der Waals surface area contributed by atoms with Crippen LogP contribution in [-0.2, 0) is 4.74 Å². The maximum absolute atomic E-state index is 4.97. The second-order valence-electron chi connectivity index (χ2n) is 0.936. The Morgan fingerprint density at radius 3 is 2.88 bits per heavy atom. The van der Waals surface area contributed by atoms with Gasteiger partial charge in [0.1, 0.15) is 0 Å². The van der Waals surface area contributed by atoms with Crippen molar-refractivity contribution in [1.82, 2.24) is 0 Å². The van der Waals surface area contributed by atoms with Gasteiger partial charge in [-0.05, 0) is 19.1 Å². The molecule has 0 unspecified atom stereocenters. The van der Waals surface area contributed by atoms with E-state index in [0.29, 0.717) is 11.0 Å². The summed E-state index contributed by atoms with van der Waals surface area (Å²) in [4.78, 5) is 0. The fourth-order valence-corrected chi connectivity index (χ4v) is 2.27. The Kier molecular flexibility index (Phi) is 6.83. The molecule has 0 saturated carbocycles. The summed E-state index contributed by atoms with van der Waals surface area (Å²) in [6.45, 7) is 2.61. The van der Waals surface area contributed by atoms with Crippen molar-refractivity contribution >= 4 is 51.0 Å². The molecule has 0 aliphatic carbocycles. The zero-order valence-corrected chi connectivity index (χ0v) is 8.31. The molecule has 1 nitrogen and oxygen atoms in total. The van der Waals surface area contributed by atoms with Crippen LogP contribution in [0.3, 0.4) is 0 Å². The third-order valence-corrected chi connectivity index (χ3v) is 2.30. The third kappa shape index (κ3) is 5.11. The Morgan fingerprint density at radius 1 is 1.88 bits per heavy atom. The fourth-order valence-electron chi connectivity index (χ4n) is 0.204. The molecule has 0 aliphatic heterocycles. The fraction of sp³-hybridized carbons (Fsp3) is 0.750. The van der Waals surface area contributed by atoms with Gasteiger partial charge in [0.15, 0.2) is 0 Å². The van der Waals surface area contributed by atoms with Crippen molar-refractivity contribution in [3.8, 4) is 0 Å². The van der Waals surface area contributed by atoms with Crippen LogP contribution in [-0.4, -0.2) is 14.7 Å². The second-order valence-corrected chi connectivity index (χ2v) is 4.31. The van der Waals surface area contributed by atoms with Gasteiger partial charge in [-0.15, -0.1) is 0 Å². The third-order valence-electron chi connectivity index (χ3n) is 0.435. The summed E-state index contributed by atoms with van der Waals surface area (Å²) in [6, 6.07) is 0. The molecular formula is C4H7IOS2. The van der Waals surface area contributed by atoms with Crippen molar-refractivity contribution in [3.63, 3.8) is 0 Å². The summed E-state index contributed by atoms with van der Waals surface area (Å²) >= 11 is 8.58. The summed E-state index contributed by atoms with van der Waals surface area (Å²) < 4.78 is 6.60. The highest BCUT2D eigenvalue weighted by molar-refractivity contribution is 14.1. The van der Waals surface area contributed by atoms with Crippen molar-refractivity contribution in [3.05, 3.63) is 0 Å². The van der Waals surface area contributed by atoms with Crippen LogP contribution in [0.15, 0.2) is 0 Å². The van der Waals surface area contributed by atoms with Crippen molar-refractivity contribution < 1.29 is 4.74 Å². The lowest BCUT2D eigenvalue weighted by molar-refractivity contribution is 0.346. The first-order valence-corrected chi connectivity index (χ1v) is 5.08. The van der Waals surface area contributed by atoms with Gasteiger partial charge in [0.2, 0.25) is 4.38 Å². The number of halogens is 1. The van der Waals surface area contributed by atoms with Crippen LogP contribution in [0.2, 0.25) is 0 Å². The molecule has 4 heteroatoms. The monoisotopic (exact) mass is 262 g/mol. The first-order chi connectivity index (χ1) is 3.81. The first-order valence-electron chi connectivity index (χ1n) is 2.16. The number of thioether (sulfide) groups is 1. The van der Waals surface area contributed by atoms with Gasteiger partial charge in [0.25, 0.3) is 0 Å². The topological polar surface area (TPSA) is 9.23 Å². The minimum Gasteiger partial charge on any atom is -0.479 e. The molecule has 8 heavy (non-hydrogen) atoms. The smallest absolute Gasteiger partial charge is 0.220 e. The normalized spacial score (nSPS) is 8.75. The quantitative estimate of drug-likeness (QED) is 0.430. The molecule has 0 aromatic rings. The lowest BCUT2D eigenvalue weighted by Crippen LogP contribution is -1.94. The molecule has 0 rings (SSSR count). The molecule has 48 valence electrons. The van der Waals surface area contributed by atoms with Crippen molar-refractivity contribution in [2.75, 3.05) is 10.4 Å². The Balaban J connectivity index is 3.06. The molecule has 0 heterocycles. The van der Waals surface area contributed by atoms with E-state index in [4.69, 9.17) is 17.0 Å². The summed E-state index contributed by atoms with van der Waals surface area (Å²) in [5.74, 6) is 0. The van der Waals surface area contributed by atoms with Crippen LogP contribution in [0.1, 0.15) is 6.92 Å². The van der Waals surface area contributed by atoms with E-state index < -0.39 is 0 Å². The highest BCUT2D eigenvalue weighted by Crippen LogP contribution is 2.08. The SMILES string of the molecule is CCOC(=S)SCI. The zero-order valence-electron chi connectivity index (χ0n) is 4.52. The predicted molar refractivity (Wildman–Crippen MR) is 50.7 cm³/mol. The number of ether oxygens (including phenoxy) is 1. The van der Waals surface area contributed by atoms with Gasteiger partial charge in [0.05, 0.1) is 10.4 Å². The highest BCUT2D eigenvalue weighted by atomic mass is 127. The summed E-state index contributed by atoms with van der Waals surface area (Å²) in [6.07, 6.45) is 0. The van der Waals surface area contributed by atoms with Crippen LogP contribution in [0.4, 0.5) is 0 Å². The molecule has 0 amide bonds. The van der Waals surface area contributed by atoms with E-state index in [9.17, 15) is 0 Å². The number of rotatable bonds is 2. The van der Waals surface area contributed by atoms with E-state index in [1.54, 1.807) is 11.8 Å². The van der Waals surface area contributed by atoms with Gasteiger partial charge >= 0.3 is 0 Å². The summed E-state index contributed by atoms with van der Waals surface area (Å²) in [5.41, 5.74) is 0. The van der Waals surface area contributed by atoms with Crippen molar-refractivity contribution in [2.45, 2.75) is 6.92 Å².